The molecule has 0 spiro atoms. The van der Waals surface area contributed by atoms with E-state index in [2.05, 4.69) is 45.2 Å². The van der Waals surface area contributed by atoms with Crippen LogP contribution in [0.3, 0.4) is 0 Å². The maximum Gasteiger partial charge on any atom is 0.206 e. The first-order valence-electron chi connectivity index (χ1n) is 6.17. The molecule has 0 aromatic carbocycles. The molecular formula is C13H26N3+. The summed E-state index contributed by atoms with van der Waals surface area (Å²) in [4.78, 5) is 4.34. The molecular weight excluding hydrogens is 198 g/mol. The first-order chi connectivity index (χ1) is 7.43. The average molecular weight is 224 g/mol. The van der Waals surface area contributed by atoms with Gasteiger partial charge in [-0.05, 0) is 18.8 Å². The minimum Gasteiger partial charge on any atom is -0.341 e. The molecule has 1 unspecified atom stereocenters. The molecule has 0 saturated carbocycles. The first-order valence-corrected chi connectivity index (χ1v) is 6.17. The minimum atomic E-state index is 0.748. The van der Waals surface area contributed by atoms with E-state index in [0.717, 1.165) is 29.2 Å². The van der Waals surface area contributed by atoms with Crippen molar-refractivity contribution in [3.8, 4) is 0 Å². The van der Waals surface area contributed by atoms with Gasteiger partial charge in [0, 0.05) is 26.1 Å². The summed E-state index contributed by atoms with van der Waals surface area (Å²) in [5.74, 6) is 3.24. The topological polar surface area (TPSA) is 24.4 Å². The van der Waals surface area contributed by atoms with E-state index in [0.29, 0.717) is 0 Å². The number of allylic oxidation sites excluding steroid dienone is 1. The Morgan fingerprint density at radius 2 is 2.12 bits per heavy atom. The normalized spacial score (nSPS) is 23.4. The Morgan fingerprint density at radius 3 is 2.62 bits per heavy atom. The largest absolute Gasteiger partial charge is 0.341 e. The summed E-state index contributed by atoms with van der Waals surface area (Å²) in [6.45, 7) is 7.73. The van der Waals surface area contributed by atoms with E-state index >= 15 is 0 Å². The molecule has 0 radical (unpaired) electrons. The maximum atomic E-state index is 4.34. The van der Waals surface area contributed by atoms with Gasteiger partial charge >= 0.3 is 0 Å². The molecule has 0 amide bonds. The Labute approximate surface area is 99.8 Å². The van der Waals surface area contributed by atoms with E-state index in [9.17, 15) is 0 Å². The lowest BCUT2D eigenvalue weighted by Crippen LogP contribution is -2.50. The quantitative estimate of drug-likeness (QED) is 0.435. The van der Waals surface area contributed by atoms with Gasteiger partial charge < -0.3 is 5.32 Å². The molecule has 0 bridgehead atoms. The van der Waals surface area contributed by atoms with Crippen LogP contribution in [0.2, 0.25) is 0 Å². The highest BCUT2D eigenvalue weighted by molar-refractivity contribution is 5.73. The molecule has 1 rings (SSSR count). The van der Waals surface area contributed by atoms with Crippen molar-refractivity contribution in [1.29, 1.82) is 0 Å². The lowest BCUT2D eigenvalue weighted by Gasteiger charge is -2.36. The molecule has 1 aliphatic rings. The third-order valence-corrected chi connectivity index (χ3v) is 3.67. The molecule has 16 heavy (non-hydrogen) atoms. The van der Waals surface area contributed by atoms with Crippen LogP contribution in [-0.2, 0) is 0 Å². The Hall–Kier alpha value is -0.830. The van der Waals surface area contributed by atoms with Gasteiger partial charge in [-0.15, -0.1) is 0 Å². The lowest BCUT2D eigenvalue weighted by molar-refractivity contribution is -0.763. The molecule has 0 fully saturated rings. The predicted molar refractivity (Wildman–Crippen MR) is 70.2 cm³/mol. The van der Waals surface area contributed by atoms with E-state index in [1.165, 1.54) is 12.2 Å². The van der Waals surface area contributed by atoms with E-state index in [1.54, 1.807) is 5.57 Å². The Bertz CT molecular complexity index is 313. The average Bonchev–Trinajstić information content (AvgIpc) is 2.27. The van der Waals surface area contributed by atoms with Crippen molar-refractivity contribution in [1.82, 2.24) is 5.32 Å². The number of aliphatic imine (C=N–C) groups is 1. The van der Waals surface area contributed by atoms with Gasteiger partial charge in [-0.1, -0.05) is 13.8 Å². The predicted octanol–water partition coefficient (Wildman–Crippen LogP) is 2.36. The second-order valence-corrected chi connectivity index (χ2v) is 5.22. The van der Waals surface area contributed by atoms with Gasteiger partial charge in [0.15, 0.2) is 0 Å². The van der Waals surface area contributed by atoms with Gasteiger partial charge in [0.05, 0.1) is 14.1 Å². The number of hydrogen-bond donors (Lipinski definition) is 1. The van der Waals surface area contributed by atoms with Crippen LogP contribution in [0.5, 0.6) is 0 Å². The van der Waals surface area contributed by atoms with Crippen LogP contribution < -0.4 is 5.32 Å². The van der Waals surface area contributed by atoms with Crippen LogP contribution in [0, 0.1) is 5.92 Å². The maximum absolute atomic E-state index is 4.34. The second kappa shape index (κ2) is 5.00. The molecule has 0 aromatic heterocycles. The number of amidine groups is 1. The number of nitrogens with one attached hydrogen (secondary N) is 1. The van der Waals surface area contributed by atoms with E-state index < -0.39 is 0 Å². The molecule has 92 valence electrons. The van der Waals surface area contributed by atoms with Crippen molar-refractivity contribution in [3.05, 3.63) is 11.4 Å². The van der Waals surface area contributed by atoms with E-state index in [-0.39, 0.29) is 0 Å². The van der Waals surface area contributed by atoms with Gasteiger partial charge in [0.1, 0.15) is 0 Å². The Morgan fingerprint density at radius 1 is 1.50 bits per heavy atom. The monoisotopic (exact) mass is 224 g/mol. The molecule has 1 heterocycles. The third-order valence-electron chi connectivity index (χ3n) is 3.67. The highest BCUT2D eigenvalue weighted by atomic mass is 15.4. The molecule has 1 N–H and O–H groups in total. The smallest absolute Gasteiger partial charge is 0.206 e. The van der Waals surface area contributed by atoms with Crippen LogP contribution in [0.25, 0.3) is 0 Å². The molecule has 3 heteroatoms. The summed E-state index contributed by atoms with van der Waals surface area (Å²) < 4.78 is 0.756. The van der Waals surface area contributed by atoms with Crippen molar-refractivity contribution < 1.29 is 4.48 Å². The number of rotatable bonds is 2. The summed E-state index contributed by atoms with van der Waals surface area (Å²) in [5, 5.41) is 3.60. The first kappa shape index (κ1) is 13.2. The molecule has 1 atom stereocenters. The van der Waals surface area contributed by atoms with Crippen LogP contribution in [-0.4, -0.2) is 38.0 Å². The highest BCUT2D eigenvalue weighted by Gasteiger charge is 2.32. The molecule has 1 aliphatic heterocycles. The van der Waals surface area contributed by atoms with Gasteiger partial charge in [-0.3, -0.25) is 0 Å². The highest BCUT2D eigenvalue weighted by Crippen LogP contribution is 2.26. The molecule has 0 saturated heterocycles. The fourth-order valence-electron chi connectivity index (χ4n) is 2.30. The standard InChI is InChI=1S/C13H26N3/c1-7-12-8-10(2)9-15-13(12)16(5,6)11(3)14-4/h10,15H,7-9H2,1-6H3/q+1. The van der Waals surface area contributed by atoms with E-state index in [1.807, 2.05) is 7.05 Å². The van der Waals surface area contributed by atoms with Gasteiger partial charge in [-0.2, -0.15) is 0 Å². The number of nitrogens with zero attached hydrogens (tertiary/aromatic N) is 2. The fraction of sp³-hybridized carbons (Fsp3) is 0.769. The van der Waals surface area contributed by atoms with Crippen molar-refractivity contribution >= 4 is 5.84 Å². The lowest BCUT2D eigenvalue weighted by atomic mass is 9.95. The van der Waals surface area contributed by atoms with Crippen LogP contribution in [0.4, 0.5) is 0 Å². The van der Waals surface area contributed by atoms with E-state index in [4.69, 9.17) is 0 Å². The number of hydrogen-bond acceptors (Lipinski definition) is 2. The zero-order valence-electron chi connectivity index (χ0n) is 11.6. The van der Waals surface area contributed by atoms with Crippen molar-refractivity contribution in [2.24, 2.45) is 10.9 Å². The molecule has 3 nitrogen and oxygen atoms in total. The summed E-state index contributed by atoms with van der Waals surface area (Å²) in [5.41, 5.74) is 1.55. The van der Waals surface area contributed by atoms with Gasteiger partial charge in [0.2, 0.25) is 11.7 Å². The summed E-state index contributed by atoms with van der Waals surface area (Å²) in [7, 11) is 6.28. The fourth-order valence-corrected chi connectivity index (χ4v) is 2.30. The summed E-state index contributed by atoms with van der Waals surface area (Å²) in [6, 6.07) is 0. The van der Waals surface area contributed by atoms with Crippen molar-refractivity contribution in [3.63, 3.8) is 0 Å². The Balaban J connectivity index is 3.09. The Kier molecular flexibility index (Phi) is 4.14. The van der Waals surface area contributed by atoms with Crippen molar-refractivity contribution in [2.45, 2.75) is 33.6 Å². The molecule has 0 aromatic rings. The summed E-state index contributed by atoms with van der Waals surface area (Å²) in [6.07, 6.45) is 2.35. The molecule has 0 aliphatic carbocycles. The zero-order valence-corrected chi connectivity index (χ0v) is 11.6. The van der Waals surface area contributed by atoms with Crippen molar-refractivity contribution in [2.75, 3.05) is 27.7 Å². The number of quaternary nitrogens is 1. The van der Waals surface area contributed by atoms with Crippen LogP contribution in [0.1, 0.15) is 33.6 Å². The van der Waals surface area contributed by atoms with Gasteiger partial charge in [-0.25, -0.2) is 9.48 Å². The van der Waals surface area contributed by atoms with Crippen LogP contribution >= 0.6 is 0 Å². The zero-order chi connectivity index (χ0) is 12.3. The minimum absolute atomic E-state index is 0.748. The van der Waals surface area contributed by atoms with Crippen LogP contribution in [0.15, 0.2) is 16.4 Å². The SMILES string of the molecule is CCC1=C([N+](C)(C)C(C)=NC)NCC(C)C1. The summed E-state index contributed by atoms with van der Waals surface area (Å²) >= 11 is 0. The third kappa shape index (κ3) is 2.46. The van der Waals surface area contributed by atoms with Gasteiger partial charge in [0.25, 0.3) is 0 Å². The second-order valence-electron chi connectivity index (χ2n) is 5.22.